The molecule has 5 nitrogen and oxygen atoms in total. The molecule has 0 fully saturated rings. The number of hydrogen-bond acceptors (Lipinski definition) is 3. The lowest BCUT2D eigenvalue weighted by molar-refractivity contribution is -0.126. The summed E-state index contributed by atoms with van der Waals surface area (Å²) in [6.45, 7) is 2.13. The largest absolute Gasteiger partial charge is 0.369 e. The van der Waals surface area contributed by atoms with Gasteiger partial charge in [0.05, 0.1) is 5.92 Å². The van der Waals surface area contributed by atoms with Crippen molar-refractivity contribution in [3.05, 3.63) is 59.4 Å². The minimum absolute atomic E-state index is 0.0365. The van der Waals surface area contributed by atoms with E-state index in [0.29, 0.717) is 24.3 Å². The lowest BCUT2D eigenvalue weighted by atomic mass is 9.89. The van der Waals surface area contributed by atoms with Crippen LogP contribution in [0.25, 0.3) is 0 Å². The highest BCUT2D eigenvalue weighted by Crippen LogP contribution is 2.33. The van der Waals surface area contributed by atoms with Crippen LogP contribution in [0.5, 0.6) is 0 Å². The number of halogens is 1. The van der Waals surface area contributed by atoms with Crippen LogP contribution in [-0.2, 0) is 16.0 Å². The third-order valence-electron chi connectivity index (χ3n) is 5.03. The summed E-state index contributed by atoms with van der Waals surface area (Å²) in [5.41, 5.74) is 3.59. The number of para-hydroxylation sites is 1. The lowest BCUT2D eigenvalue weighted by Crippen LogP contribution is -2.39. The highest BCUT2D eigenvalue weighted by Gasteiger charge is 2.31. The molecule has 4 rings (SSSR count). The second-order valence-electron chi connectivity index (χ2n) is 6.69. The van der Waals surface area contributed by atoms with E-state index in [1.165, 1.54) is 29.4 Å². The number of fused-ring (bicyclic) bond motifs is 2. The maximum atomic E-state index is 13.6. The Morgan fingerprint density at radius 1 is 1.27 bits per heavy atom. The van der Waals surface area contributed by atoms with Crippen LogP contribution in [0.2, 0.25) is 0 Å². The van der Waals surface area contributed by atoms with Crippen molar-refractivity contribution in [1.29, 1.82) is 0 Å². The standard InChI is InChI=1S/C20H20FN3O2/c21-14-5-6-17-15(11-14)16(12-19(25)23-17)20(26)22-8-10-24-9-7-13-3-1-2-4-18(13)24/h1-6,11,16H,7-10,12H2,(H,22,26)(H,23,25)/t16-/m1/s1. The molecule has 134 valence electrons. The number of nitrogens with zero attached hydrogens (tertiary/aromatic N) is 1. The summed E-state index contributed by atoms with van der Waals surface area (Å²) in [6, 6.07) is 12.4. The minimum Gasteiger partial charge on any atom is -0.369 e. The van der Waals surface area contributed by atoms with E-state index in [1.807, 2.05) is 12.1 Å². The molecule has 0 bridgehead atoms. The van der Waals surface area contributed by atoms with Gasteiger partial charge in [0.25, 0.3) is 0 Å². The summed E-state index contributed by atoms with van der Waals surface area (Å²) < 4.78 is 13.6. The van der Waals surface area contributed by atoms with Crippen LogP contribution in [0.15, 0.2) is 42.5 Å². The van der Waals surface area contributed by atoms with Crippen molar-refractivity contribution in [1.82, 2.24) is 5.32 Å². The van der Waals surface area contributed by atoms with E-state index in [2.05, 4.69) is 27.7 Å². The van der Waals surface area contributed by atoms with E-state index in [0.717, 1.165) is 13.0 Å². The van der Waals surface area contributed by atoms with Crippen LogP contribution in [0.1, 0.15) is 23.5 Å². The zero-order valence-corrected chi connectivity index (χ0v) is 14.3. The summed E-state index contributed by atoms with van der Waals surface area (Å²) in [5, 5.41) is 5.60. The number of rotatable bonds is 4. The van der Waals surface area contributed by atoms with E-state index >= 15 is 0 Å². The SMILES string of the molecule is O=C1C[C@@H](C(=O)NCCN2CCc3ccccc32)c2cc(F)ccc2N1. The summed E-state index contributed by atoms with van der Waals surface area (Å²) in [6.07, 6.45) is 1.05. The molecule has 2 aromatic rings. The molecule has 0 aliphatic carbocycles. The van der Waals surface area contributed by atoms with Gasteiger partial charge in [-0.25, -0.2) is 4.39 Å². The monoisotopic (exact) mass is 353 g/mol. The van der Waals surface area contributed by atoms with Crippen molar-refractivity contribution in [2.75, 3.05) is 29.9 Å². The molecule has 2 N–H and O–H groups in total. The molecule has 2 heterocycles. The first-order valence-electron chi connectivity index (χ1n) is 8.81. The Balaban J connectivity index is 1.40. The first kappa shape index (κ1) is 16.6. The number of carbonyl (C=O) groups excluding carboxylic acids is 2. The molecule has 0 radical (unpaired) electrons. The highest BCUT2D eigenvalue weighted by molar-refractivity contribution is 6.01. The first-order chi connectivity index (χ1) is 12.6. The number of anilines is 2. The molecule has 1 atom stereocenters. The van der Waals surface area contributed by atoms with Crippen LogP contribution in [0.4, 0.5) is 15.8 Å². The fraction of sp³-hybridized carbons (Fsp3) is 0.300. The summed E-state index contributed by atoms with van der Waals surface area (Å²) >= 11 is 0. The van der Waals surface area contributed by atoms with E-state index in [9.17, 15) is 14.0 Å². The number of amides is 2. The Hall–Kier alpha value is -2.89. The Kier molecular flexibility index (Phi) is 4.32. The Labute approximate surface area is 151 Å². The number of carbonyl (C=O) groups is 2. The van der Waals surface area contributed by atoms with Crippen LogP contribution in [-0.4, -0.2) is 31.4 Å². The van der Waals surface area contributed by atoms with Crippen molar-refractivity contribution in [3.63, 3.8) is 0 Å². The smallest absolute Gasteiger partial charge is 0.228 e. The van der Waals surface area contributed by atoms with Gasteiger partial charge in [0.2, 0.25) is 11.8 Å². The Morgan fingerprint density at radius 2 is 2.12 bits per heavy atom. The zero-order chi connectivity index (χ0) is 18.1. The van der Waals surface area contributed by atoms with Gasteiger partial charge in [0, 0.05) is 37.4 Å². The molecule has 2 aromatic carbocycles. The maximum Gasteiger partial charge on any atom is 0.228 e. The summed E-state index contributed by atoms with van der Waals surface area (Å²) in [5.74, 6) is -1.52. The normalized spacial score (nSPS) is 18.1. The van der Waals surface area contributed by atoms with Crippen molar-refractivity contribution >= 4 is 23.2 Å². The molecule has 2 amide bonds. The number of nitrogens with one attached hydrogen (secondary N) is 2. The van der Waals surface area contributed by atoms with Crippen molar-refractivity contribution in [2.45, 2.75) is 18.8 Å². The van der Waals surface area contributed by atoms with Gasteiger partial charge >= 0.3 is 0 Å². The molecule has 2 aliphatic rings. The third kappa shape index (κ3) is 3.14. The molecule has 26 heavy (non-hydrogen) atoms. The van der Waals surface area contributed by atoms with Gasteiger partial charge < -0.3 is 15.5 Å². The minimum atomic E-state index is -0.652. The summed E-state index contributed by atoms with van der Waals surface area (Å²) in [7, 11) is 0. The molecule has 0 saturated heterocycles. The Bertz CT molecular complexity index is 868. The second-order valence-corrected chi connectivity index (χ2v) is 6.69. The maximum absolute atomic E-state index is 13.6. The van der Waals surface area contributed by atoms with E-state index < -0.39 is 11.7 Å². The average molecular weight is 353 g/mol. The predicted octanol–water partition coefficient (Wildman–Crippen LogP) is 2.43. The molecule has 2 aliphatic heterocycles. The molecule has 0 aromatic heterocycles. The van der Waals surface area contributed by atoms with E-state index in [1.54, 1.807) is 0 Å². The van der Waals surface area contributed by atoms with Gasteiger partial charge in [-0.05, 0) is 41.8 Å². The van der Waals surface area contributed by atoms with Gasteiger partial charge in [-0.1, -0.05) is 18.2 Å². The average Bonchev–Trinajstić information content (AvgIpc) is 3.04. The Morgan fingerprint density at radius 3 is 3.00 bits per heavy atom. The van der Waals surface area contributed by atoms with Crippen molar-refractivity contribution in [2.24, 2.45) is 0 Å². The van der Waals surface area contributed by atoms with E-state index in [-0.39, 0.29) is 18.2 Å². The number of hydrogen-bond donors (Lipinski definition) is 2. The molecule has 0 unspecified atom stereocenters. The molecule has 0 saturated carbocycles. The van der Waals surface area contributed by atoms with Crippen molar-refractivity contribution < 1.29 is 14.0 Å². The van der Waals surface area contributed by atoms with Crippen LogP contribution in [0.3, 0.4) is 0 Å². The van der Waals surface area contributed by atoms with Crippen LogP contribution >= 0.6 is 0 Å². The number of benzene rings is 2. The molecule has 6 heteroatoms. The first-order valence-corrected chi connectivity index (χ1v) is 8.81. The van der Waals surface area contributed by atoms with Gasteiger partial charge in [0.1, 0.15) is 5.82 Å². The quantitative estimate of drug-likeness (QED) is 0.887. The second kappa shape index (κ2) is 6.78. The summed E-state index contributed by atoms with van der Waals surface area (Å²) in [4.78, 5) is 26.7. The van der Waals surface area contributed by atoms with Gasteiger partial charge in [-0.15, -0.1) is 0 Å². The fourth-order valence-corrected chi connectivity index (χ4v) is 3.74. The molecular weight excluding hydrogens is 333 g/mol. The lowest BCUT2D eigenvalue weighted by Gasteiger charge is -2.25. The predicted molar refractivity (Wildman–Crippen MR) is 97.8 cm³/mol. The van der Waals surface area contributed by atoms with Gasteiger partial charge in [0.15, 0.2) is 0 Å². The van der Waals surface area contributed by atoms with Crippen LogP contribution < -0.4 is 15.5 Å². The molecule has 0 spiro atoms. The zero-order valence-electron chi connectivity index (χ0n) is 14.3. The fourth-order valence-electron chi connectivity index (χ4n) is 3.74. The highest BCUT2D eigenvalue weighted by atomic mass is 19.1. The molecular formula is C20H20FN3O2. The third-order valence-corrected chi connectivity index (χ3v) is 5.03. The van der Waals surface area contributed by atoms with Crippen LogP contribution in [0, 0.1) is 5.82 Å². The topological polar surface area (TPSA) is 61.4 Å². The van der Waals surface area contributed by atoms with E-state index in [4.69, 9.17) is 0 Å². The van der Waals surface area contributed by atoms with Crippen molar-refractivity contribution in [3.8, 4) is 0 Å². The van der Waals surface area contributed by atoms with Gasteiger partial charge in [-0.3, -0.25) is 9.59 Å². The van der Waals surface area contributed by atoms with Gasteiger partial charge in [-0.2, -0.15) is 0 Å².